The van der Waals surface area contributed by atoms with Crippen LogP contribution in [0.15, 0.2) is 18.2 Å². The van der Waals surface area contributed by atoms with E-state index in [9.17, 15) is 8.78 Å². The normalized spacial score (nSPS) is 38.2. The van der Waals surface area contributed by atoms with Gasteiger partial charge in [0.2, 0.25) is 6.43 Å². The number of halogens is 2. The number of hydrogen-bond acceptors (Lipinski definition) is 1. The minimum Gasteiger partial charge on any atom is -0.497 e. The van der Waals surface area contributed by atoms with Crippen molar-refractivity contribution in [2.45, 2.75) is 64.2 Å². The summed E-state index contributed by atoms with van der Waals surface area (Å²) in [6.07, 6.45) is 4.93. The molecule has 0 N–H and O–H groups in total. The molecule has 1 aromatic carbocycles. The molecule has 1 unspecified atom stereocenters. The average Bonchev–Trinajstić information content (AvgIpc) is 2.59. The number of aryl methyl sites for hydroxylation is 1. The maximum absolute atomic E-state index is 13.7. The predicted molar refractivity (Wildman–Crippen MR) is 91.7 cm³/mol. The molecule has 0 bridgehead atoms. The van der Waals surface area contributed by atoms with Crippen LogP contribution in [0.1, 0.15) is 62.5 Å². The lowest BCUT2D eigenvalue weighted by molar-refractivity contribution is -0.106. The summed E-state index contributed by atoms with van der Waals surface area (Å²) in [5, 5.41) is 0. The van der Waals surface area contributed by atoms with Crippen LogP contribution in [0.4, 0.5) is 8.78 Å². The molecule has 2 fully saturated rings. The fraction of sp³-hybridized carbons (Fsp3) is 0.714. The van der Waals surface area contributed by atoms with E-state index in [1.165, 1.54) is 17.5 Å². The molecular formula is C21H28F2O. The predicted octanol–water partition coefficient (Wildman–Crippen LogP) is 5.82. The number of ether oxygens (including phenoxy) is 1. The van der Waals surface area contributed by atoms with Gasteiger partial charge in [0.1, 0.15) is 5.75 Å². The van der Waals surface area contributed by atoms with E-state index in [2.05, 4.69) is 25.1 Å². The molecule has 0 spiro atoms. The van der Waals surface area contributed by atoms with Gasteiger partial charge < -0.3 is 4.74 Å². The Kier molecular flexibility index (Phi) is 4.09. The van der Waals surface area contributed by atoms with Crippen molar-refractivity contribution < 1.29 is 13.5 Å². The fourth-order valence-electron chi connectivity index (χ4n) is 6.32. The van der Waals surface area contributed by atoms with Gasteiger partial charge in [0.25, 0.3) is 0 Å². The number of methoxy groups -OCH3 is 1. The van der Waals surface area contributed by atoms with Crippen molar-refractivity contribution in [1.82, 2.24) is 0 Å². The molecule has 3 aliphatic carbocycles. The maximum Gasteiger partial charge on any atom is 0.241 e. The Morgan fingerprint density at radius 1 is 1.17 bits per heavy atom. The molecule has 0 aromatic heterocycles. The lowest BCUT2D eigenvalue weighted by atomic mass is 9.48. The topological polar surface area (TPSA) is 9.23 Å². The number of hydrogen-bond donors (Lipinski definition) is 0. The molecule has 5 atom stereocenters. The second-order valence-electron chi connectivity index (χ2n) is 8.40. The fourth-order valence-corrected chi connectivity index (χ4v) is 6.32. The first-order chi connectivity index (χ1) is 11.5. The highest BCUT2D eigenvalue weighted by molar-refractivity contribution is 5.40. The van der Waals surface area contributed by atoms with Gasteiger partial charge in [-0.1, -0.05) is 19.4 Å². The van der Waals surface area contributed by atoms with Gasteiger partial charge in [-0.05, 0) is 85.0 Å². The standard InChI is InChI=1S/C21H28F2O/c1-21-11-10-15-16(18(21)4-3-5-19(21)20(22)23)9-7-13-6-8-14(24-2)12-17(13)15/h6,8,12,15-16,18-20H,3-5,7,9-11H2,1-2H3/t15-,16+,18-,19?,21-/m0/s1. The van der Waals surface area contributed by atoms with E-state index in [0.29, 0.717) is 24.2 Å². The Morgan fingerprint density at radius 3 is 2.75 bits per heavy atom. The van der Waals surface area contributed by atoms with E-state index in [1.807, 2.05) is 0 Å². The Balaban J connectivity index is 1.68. The molecule has 0 heterocycles. The quantitative estimate of drug-likeness (QED) is 0.662. The highest BCUT2D eigenvalue weighted by Gasteiger charge is 2.54. The third-order valence-corrected chi connectivity index (χ3v) is 7.56. The number of fused-ring (bicyclic) bond motifs is 5. The van der Waals surface area contributed by atoms with Gasteiger partial charge in [0.05, 0.1) is 7.11 Å². The van der Waals surface area contributed by atoms with Gasteiger partial charge in [0, 0.05) is 5.92 Å². The first kappa shape index (κ1) is 16.4. The van der Waals surface area contributed by atoms with Crippen LogP contribution in [0, 0.1) is 23.2 Å². The SMILES string of the molecule is COc1ccc2c(c1)[C@H]1CC[C@]3(C)C(C(F)F)CCC[C@H]3[C@@H]1CC2. The van der Waals surface area contributed by atoms with Crippen LogP contribution in [-0.4, -0.2) is 13.5 Å². The Morgan fingerprint density at radius 2 is 2.00 bits per heavy atom. The maximum atomic E-state index is 13.7. The smallest absolute Gasteiger partial charge is 0.241 e. The van der Waals surface area contributed by atoms with Crippen LogP contribution in [0.2, 0.25) is 0 Å². The summed E-state index contributed by atoms with van der Waals surface area (Å²) in [6.45, 7) is 2.17. The van der Waals surface area contributed by atoms with E-state index >= 15 is 0 Å². The van der Waals surface area contributed by atoms with Crippen LogP contribution >= 0.6 is 0 Å². The highest BCUT2D eigenvalue weighted by atomic mass is 19.3. The van der Waals surface area contributed by atoms with Crippen molar-refractivity contribution >= 4 is 0 Å². The van der Waals surface area contributed by atoms with Crippen LogP contribution in [-0.2, 0) is 6.42 Å². The van der Waals surface area contributed by atoms with Crippen molar-refractivity contribution in [2.24, 2.45) is 23.2 Å². The molecule has 0 radical (unpaired) electrons. The summed E-state index contributed by atoms with van der Waals surface area (Å²) in [7, 11) is 1.72. The lowest BCUT2D eigenvalue weighted by Crippen LogP contribution is -2.50. The van der Waals surface area contributed by atoms with Crippen LogP contribution in [0.5, 0.6) is 5.75 Å². The number of benzene rings is 1. The molecule has 2 saturated carbocycles. The molecule has 0 amide bonds. The summed E-state index contributed by atoms with van der Waals surface area (Å²) in [5.41, 5.74) is 2.72. The zero-order valence-corrected chi connectivity index (χ0v) is 14.7. The molecule has 1 aromatic rings. The minimum absolute atomic E-state index is 0.163. The number of rotatable bonds is 2. The van der Waals surface area contributed by atoms with Gasteiger partial charge in [-0.3, -0.25) is 0 Å². The van der Waals surface area contributed by atoms with Gasteiger partial charge in [0.15, 0.2) is 0 Å². The van der Waals surface area contributed by atoms with E-state index in [1.54, 1.807) is 7.11 Å². The molecule has 0 saturated heterocycles. The van der Waals surface area contributed by atoms with E-state index in [0.717, 1.165) is 37.9 Å². The molecule has 1 nitrogen and oxygen atoms in total. The van der Waals surface area contributed by atoms with Crippen LogP contribution in [0.25, 0.3) is 0 Å². The van der Waals surface area contributed by atoms with E-state index < -0.39 is 12.3 Å². The van der Waals surface area contributed by atoms with Crippen molar-refractivity contribution in [2.75, 3.05) is 7.11 Å². The molecule has 4 rings (SSSR count). The minimum atomic E-state index is -2.16. The highest BCUT2D eigenvalue weighted by Crippen LogP contribution is 2.62. The van der Waals surface area contributed by atoms with Crippen molar-refractivity contribution in [3.05, 3.63) is 29.3 Å². The van der Waals surface area contributed by atoms with Gasteiger partial charge in [-0.15, -0.1) is 0 Å². The zero-order chi connectivity index (χ0) is 16.9. The van der Waals surface area contributed by atoms with Gasteiger partial charge >= 0.3 is 0 Å². The van der Waals surface area contributed by atoms with Gasteiger partial charge in [-0.25, -0.2) is 8.78 Å². The largest absolute Gasteiger partial charge is 0.497 e. The summed E-state index contributed by atoms with van der Waals surface area (Å²) >= 11 is 0. The van der Waals surface area contributed by atoms with E-state index in [4.69, 9.17) is 4.74 Å². The first-order valence-electron chi connectivity index (χ1n) is 9.49. The molecule has 3 heteroatoms. The third kappa shape index (κ3) is 2.38. The summed E-state index contributed by atoms with van der Waals surface area (Å²) in [6, 6.07) is 6.48. The zero-order valence-electron chi connectivity index (χ0n) is 14.7. The molecule has 132 valence electrons. The van der Waals surface area contributed by atoms with Crippen molar-refractivity contribution in [3.63, 3.8) is 0 Å². The third-order valence-electron chi connectivity index (χ3n) is 7.56. The van der Waals surface area contributed by atoms with Crippen LogP contribution < -0.4 is 4.74 Å². The van der Waals surface area contributed by atoms with Crippen molar-refractivity contribution in [1.29, 1.82) is 0 Å². The Hall–Kier alpha value is -1.12. The first-order valence-corrected chi connectivity index (χ1v) is 9.49. The second-order valence-corrected chi connectivity index (χ2v) is 8.40. The molecule has 24 heavy (non-hydrogen) atoms. The summed E-state index contributed by atoms with van der Waals surface area (Å²) in [4.78, 5) is 0. The molecule has 3 aliphatic rings. The monoisotopic (exact) mass is 334 g/mol. The number of alkyl halides is 2. The van der Waals surface area contributed by atoms with Gasteiger partial charge in [-0.2, -0.15) is 0 Å². The van der Waals surface area contributed by atoms with Crippen LogP contribution in [0.3, 0.4) is 0 Å². The lowest BCUT2D eigenvalue weighted by Gasteiger charge is -2.57. The van der Waals surface area contributed by atoms with Crippen molar-refractivity contribution in [3.8, 4) is 5.75 Å². The summed E-state index contributed by atoms with van der Waals surface area (Å²) in [5.74, 6) is 2.10. The molecular weight excluding hydrogens is 306 g/mol. The molecule has 0 aliphatic heterocycles. The second kappa shape index (κ2) is 6.00. The Bertz CT molecular complexity index is 614. The average molecular weight is 334 g/mol. The van der Waals surface area contributed by atoms with E-state index in [-0.39, 0.29) is 5.41 Å². The summed E-state index contributed by atoms with van der Waals surface area (Å²) < 4.78 is 32.8. The Labute approximate surface area is 143 Å².